The number of hydrogen-bond donors (Lipinski definition) is 0. The van der Waals surface area contributed by atoms with Crippen LogP contribution in [0.15, 0.2) is 12.7 Å². The first-order valence-corrected chi connectivity index (χ1v) is 3.42. The van der Waals surface area contributed by atoms with E-state index < -0.39 is 12.6 Å². The highest BCUT2D eigenvalue weighted by molar-refractivity contribution is 4.45. The molecule has 0 bridgehead atoms. The zero-order chi connectivity index (χ0) is 9.19. The number of aromatic nitrogens is 3. The van der Waals surface area contributed by atoms with Crippen LogP contribution in [0.5, 0.6) is 0 Å². The van der Waals surface area contributed by atoms with Gasteiger partial charge in [-0.25, -0.2) is 4.57 Å². The number of alkyl halides is 3. The molecule has 0 radical (unpaired) electrons. The van der Waals surface area contributed by atoms with Crippen LogP contribution in [0.3, 0.4) is 0 Å². The van der Waals surface area contributed by atoms with E-state index in [0.29, 0.717) is 0 Å². The maximum atomic E-state index is 11.7. The monoisotopic (exact) mass is 180 g/mol. The van der Waals surface area contributed by atoms with Crippen molar-refractivity contribution in [1.29, 1.82) is 0 Å². The van der Waals surface area contributed by atoms with Crippen LogP contribution in [0.25, 0.3) is 0 Å². The minimum atomic E-state index is -4.09. The fourth-order valence-corrected chi connectivity index (χ4v) is 0.793. The van der Waals surface area contributed by atoms with Gasteiger partial charge in [-0.1, -0.05) is 0 Å². The summed E-state index contributed by atoms with van der Waals surface area (Å²) in [5, 5.41) is 3.73. The highest BCUT2D eigenvalue weighted by Gasteiger charge is 2.27. The van der Waals surface area contributed by atoms with Gasteiger partial charge < -0.3 is 0 Å². The second-order valence-electron chi connectivity index (χ2n) is 2.52. The molecule has 0 aliphatic rings. The standard InChI is InChI=1S/C6H9F3N3/c1-11-5-12(4-10-11)3-2-6(7,8)9/h4-5H,2-3H2,1H3/q+1. The molecule has 0 aliphatic carbocycles. The number of nitrogens with zero attached hydrogens (tertiary/aromatic N) is 3. The summed E-state index contributed by atoms with van der Waals surface area (Å²) < 4.78 is 38.0. The van der Waals surface area contributed by atoms with Crippen molar-refractivity contribution >= 4 is 0 Å². The number of aryl methyl sites for hydroxylation is 2. The lowest BCUT2D eigenvalue weighted by molar-refractivity contribution is -0.700. The van der Waals surface area contributed by atoms with Crippen LogP contribution < -0.4 is 4.57 Å². The summed E-state index contributed by atoms with van der Waals surface area (Å²) in [6.45, 7) is -0.0721. The Kier molecular flexibility index (Phi) is 2.35. The lowest BCUT2D eigenvalue weighted by atomic mass is 10.4. The Balaban J connectivity index is 2.44. The lowest BCUT2D eigenvalue weighted by Crippen LogP contribution is -2.33. The van der Waals surface area contributed by atoms with Gasteiger partial charge in [0, 0.05) is 5.10 Å². The van der Waals surface area contributed by atoms with Crippen LogP contribution in [0.1, 0.15) is 6.42 Å². The van der Waals surface area contributed by atoms with Crippen molar-refractivity contribution in [2.45, 2.75) is 19.1 Å². The van der Waals surface area contributed by atoms with Crippen molar-refractivity contribution in [1.82, 2.24) is 9.78 Å². The molecule has 3 nitrogen and oxygen atoms in total. The van der Waals surface area contributed by atoms with Crippen molar-refractivity contribution < 1.29 is 17.7 Å². The second-order valence-corrected chi connectivity index (χ2v) is 2.52. The van der Waals surface area contributed by atoms with Gasteiger partial charge >= 0.3 is 6.18 Å². The highest BCUT2D eigenvalue weighted by atomic mass is 19.4. The van der Waals surface area contributed by atoms with Gasteiger partial charge in [0.05, 0.1) is 20.0 Å². The van der Waals surface area contributed by atoms with Crippen LogP contribution in [0, 0.1) is 0 Å². The zero-order valence-corrected chi connectivity index (χ0v) is 6.54. The number of halogens is 3. The minimum absolute atomic E-state index is 0.0721. The molecule has 0 spiro atoms. The SMILES string of the molecule is Cn1c[n+](CCC(F)(F)F)cn1. The van der Waals surface area contributed by atoms with E-state index in [1.54, 1.807) is 7.05 Å². The van der Waals surface area contributed by atoms with Gasteiger partial charge in [0.25, 0.3) is 6.33 Å². The Morgan fingerprint density at radius 1 is 1.50 bits per heavy atom. The zero-order valence-electron chi connectivity index (χ0n) is 6.54. The minimum Gasteiger partial charge on any atom is -0.237 e. The molecule has 0 amide bonds. The van der Waals surface area contributed by atoms with E-state index in [4.69, 9.17) is 0 Å². The smallest absolute Gasteiger partial charge is 0.237 e. The topological polar surface area (TPSA) is 21.7 Å². The third-order valence-electron chi connectivity index (χ3n) is 1.35. The maximum absolute atomic E-state index is 11.7. The van der Waals surface area contributed by atoms with E-state index in [-0.39, 0.29) is 6.54 Å². The quantitative estimate of drug-likeness (QED) is 0.613. The summed E-state index contributed by atoms with van der Waals surface area (Å²) in [6.07, 6.45) is -2.04. The van der Waals surface area contributed by atoms with Gasteiger partial charge in [0.15, 0.2) is 0 Å². The third kappa shape index (κ3) is 2.89. The van der Waals surface area contributed by atoms with Crippen LogP contribution in [0.4, 0.5) is 13.2 Å². The first-order chi connectivity index (χ1) is 5.47. The van der Waals surface area contributed by atoms with E-state index in [0.717, 1.165) is 0 Å². The van der Waals surface area contributed by atoms with Gasteiger partial charge in [0.2, 0.25) is 6.33 Å². The lowest BCUT2D eigenvalue weighted by Gasteiger charge is -2.02. The molecule has 0 N–H and O–H groups in total. The molecule has 12 heavy (non-hydrogen) atoms. The van der Waals surface area contributed by atoms with Gasteiger partial charge in [-0.05, 0) is 0 Å². The third-order valence-corrected chi connectivity index (χ3v) is 1.35. The van der Waals surface area contributed by atoms with Crippen LogP contribution in [0.2, 0.25) is 0 Å². The summed E-state index contributed by atoms with van der Waals surface area (Å²) in [5.74, 6) is 0. The van der Waals surface area contributed by atoms with Crippen molar-refractivity contribution in [3.63, 3.8) is 0 Å². The largest absolute Gasteiger partial charge is 0.392 e. The molecule has 68 valence electrons. The predicted octanol–water partition coefficient (Wildman–Crippen LogP) is 0.660. The average molecular weight is 180 g/mol. The Morgan fingerprint density at radius 2 is 2.17 bits per heavy atom. The molecular weight excluding hydrogens is 171 g/mol. The van der Waals surface area contributed by atoms with Gasteiger partial charge in [0.1, 0.15) is 0 Å². The highest BCUT2D eigenvalue weighted by Crippen LogP contribution is 2.18. The van der Waals surface area contributed by atoms with Crippen molar-refractivity contribution in [2.24, 2.45) is 7.05 Å². The molecule has 1 aromatic rings. The molecule has 1 aromatic heterocycles. The number of rotatable bonds is 2. The summed E-state index contributed by atoms with van der Waals surface area (Å²) in [7, 11) is 1.66. The van der Waals surface area contributed by atoms with Gasteiger partial charge in [-0.3, -0.25) is 0 Å². The normalized spacial score (nSPS) is 12.0. The molecule has 6 heteroatoms. The Morgan fingerprint density at radius 3 is 2.58 bits per heavy atom. The fraction of sp³-hybridized carbons (Fsp3) is 0.667. The van der Waals surface area contributed by atoms with Crippen LogP contribution in [-0.4, -0.2) is 16.0 Å². The Labute approximate surface area is 67.4 Å². The van der Waals surface area contributed by atoms with Crippen molar-refractivity contribution in [2.75, 3.05) is 0 Å². The maximum Gasteiger partial charge on any atom is 0.392 e. The summed E-state index contributed by atoms with van der Waals surface area (Å²) >= 11 is 0. The molecule has 1 heterocycles. The molecule has 0 aromatic carbocycles. The van der Waals surface area contributed by atoms with Crippen LogP contribution >= 0.6 is 0 Å². The first-order valence-electron chi connectivity index (χ1n) is 3.42. The Hall–Kier alpha value is -1.07. The first kappa shape index (κ1) is 9.02. The molecule has 0 atom stereocenters. The van der Waals surface area contributed by atoms with E-state index in [9.17, 15) is 13.2 Å². The molecule has 1 rings (SSSR count). The molecule has 0 saturated carbocycles. The predicted molar refractivity (Wildman–Crippen MR) is 34.1 cm³/mol. The van der Waals surface area contributed by atoms with E-state index in [1.165, 1.54) is 21.9 Å². The van der Waals surface area contributed by atoms with E-state index in [2.05, 4.69) is 5.10 Å². The molecule has 0 aliphatic heterocycles. The van der Waals surface area contributed by atoms with E-state index >= 15 is 0 Å². The Bertz CT molecular complexity index is 253. The summed E-state index contributed by atoms with van der Waals surface area (Å²) in [6, 6.07) is 0. The van der Waals surface area contributed by atoms with Crippen LogP contribution in [-0.2, 0) is 13.6 Å². The summed E-state index contributed by atoms with van der Waals surface area (Å²) in [5.41, 5.74) is 0. The average Bonchev–Trinajstić information content (AvgIpc) is 2.30. The van der Waals surface area contributed by atoms with Gasteiger partial charge in [-0.15, -0.1) is 4.68 Å². The fourth-order valence-electron chi connectivity index (χ4n) is 0.793. The molecular formula is C6H9F3N3+. The second kappa shape index (κ2) is 3.12. The molecule has 0 unspecified atom stereocenters. The molecule has 0 fully saturated rings. The number of hydrogen-bond acceptors (Lipinski definition) is 1. The van der Waals surface area contributed by atoms with Gasteiger partial charge in [-0.2, -0.15) is 13.2 Å². The molecule has 0 saturated heterocycles. The van der Waals surface area contributed by atoms with Crippen molar-refractivity contribution in [3.8, 4) is 0 Å². The summed E-state index contributed by atoms with van der Waals surface area (Å²) in [4.78, 5) is 0. The van der Waals surface area contributed by atoms with Crippen molar-refractivity contribution in [3.05, 3.63) is 12.7 Å². The van der Waals surface area contributed by atoms with E-state index in [1.807, 2.05) is 0 Å².